The fourth-order valence-electron chi connectivity index (χ4n) is 2.74. The summed E-state index contributed by atoms with van der Waals surface area (Å²) >= 11 is 0. The van der Waals surface area contributed by atoms with Gasteiger partial charge in [0, 0.05) is 52.4 Å². The van der Waals surface area contributed by atoms with Gasteiger partial charge in [-0.25, -0.2) is 0 Å². The molecule has 22 heavy (non-hydrogen) atoms. The van der Waals surface area contributed by atoms with Gasteiger partial charge in [-0.2, -0.15) is 0 Å². The highest BCUT2D eigenvalue weighted by Crippen LogP contribution is 2.26. The average molecular weight is 308 g/mol. The quantitative estimate of drug-likeness (QED) is 0.614. The van der Waals surface area contributed by atoms with E-state index in [1.54, 1.807) is 30.1 Å². The summed E-state index contributed by atoms with van der Waals surface area (Å²) in [6, 6.07) is 6.61. The summed E-state index contributed by atoms with van der Waals surface area (Å²) in [5, 5.41) is 21.3. The lowest BCUT2D eigenvalue weighted by Gasteiger charge is -2.34. The molecule has 1 atom stereocenters. The predicted molar refractivity (Wildman–Crippen MR) is 86.3 cm³/mol. The summed E-state index contributed by atoms with van der Waals surface area (Å²) in [5.41, 5.74) is 0.599. The molecular weight excluding hydrogens is 284 g/mol. The number of piperazine rings is 1. The maximum absolute atomic E-state index is 11.1. The molecule has 0 aliphatic carbocycles. The Balaban J connectivity index is 1.91. The molecule has 0 unspecified atom stereocenters. The molecule has 1 aromatic carbocycles. The number of benzene rings is 1. The van der Waals surface area contributed by atoms with Crippen LogP contribution in [0.2, 0.25) is 0 Å². The van der Waals surface area contributed by atoms with Gasteiger partial charge in [-0.05, 0) is 13.1 Å². The van der Waals surface area contributed by atoms with Crippen molar-refractivity contribution in [3.05, 3.63) is 34.4 Å². The Kier molecular flexibility index (Phi) is 5.70. The molecule has 2 rings (SSSR count). The zero-order valence-electron chi connectivity index (χ0n) is 13.2. The van der Waals surface area contributed by atoms with E-state index < -0.39 is 11.0 Å². The molecule has 1 saturated heterocycles. The SMILES string of the molecule is CN1CCN(C[C@@H](O)CN(C)c2ccccc2[N+](=O)[O-])CC1. The molecular formula is C15H24N4O3. The van der Waals surface area contributed by atoms with Gasteiger partial charge in [0.1, 0.15) is 5.69 Å². The molecule has 0 radical (unpaired) electrons. The number of aliphatic hydroxyl groups is 1. The van der Waals surface area contributed by atoms with Gasteiger partial charge in [-0.15, -0.1) is 0 Å². The zero-order valence-corrected chi connectivity index (χ0v) is 13.2. The summed E-state index contributed by atoms with van der Waals surface area (Å²) in [5.74, 6) is 0. The first-order valence-electron chi connectivity index (χ1n) is 7.51. The van der Waals surface area contributed by atoms with Crippen LogP contribution in [0.25, 0.3) is 0 Å². The van der Waals surface area contributed by atoms with Crippen molar-refractivity contribution in [3.63, 3.8) is 0 Å². The van der Waals surface area contributed by atoms with Crippen molar-refractivity contribution in [2.24, 2.45) is 0 Å². The van der Waals surface area contributed by atoms with Crippen LogP contribution in [0.5, 0.6) is 0 Å². The van der Waals surface area contributed by atoms with Crippen LogP contribution in [-0.2, 0) is 0 Å². The first-order chi connectivity index (χ1) is 10.5. The van der Waals surface area contributed by atoms with Gasteiger partial charge in [-0.3, -0.25) is 15.0 Å². The predicted octanol–water partition coefficient (Wildman–Crippen LogP) is 0.639. The van der Waals surface area contributed by atoms with E-state index in [0.29, 0.717) is 18.8 Å². The molecule has 122 valence electrons. The molecule has 0 spiro atoms. The molecule has 0 aromatic heterocycles. The van der Waals surface area contributed by atoms with E-state index in [0.717, 1.165) is 26.2 Å². The van der Waals surface area contributed by atoms with Crippen LogP contribution in [0, 0.1) is 10.1 Å². The summed E-state index contributed by atoms with van der Waals surface area (Å²) in [4.78, 5) is 16.9. The Hall–Kier alpha value is -1.70. The van der Waals surface area contributed by atoms with Crippen LogP contribution in [0.1, 0.15) is 0 Å². The number of hydrogen-bond acceptors (Lipinski definition) is 6. The van der Waals surface area contributed by atoms with E-state index in [1.807, 2.05) is 0 Å². The maximum atomic E-state index is 11.1. The third-order valence-electron chi connectivity index (χ3n) is 4.04. The van der Waals surface area contributed by atoms with E-state index in [-0.39, 0.29) is 5.69 Å². The fourth-order valence-corrected chi connectivity index (χ4v) is 2.74. The molecule has 0 amide bonds. The second-order valence-corrected chi connectivity index (χ2v) is 5.88. The highest BCUT2D eigenvalue weighted by atomic mass is 16.6. The minimum absolute atomic E-state index is 0.0665. The topological polar surface area (TPSA) is 73.1 Å². The van der Waals surface area contributed by atoms with Crippen LogP contribution >= 0.6 is 0 Å². The first-order valence-corrected chi connectivity index (χ1v) is 7.51. The van der Waals surface area contributed by atoms with Crippen molar-refractivity contribution >= 4 is 11.4 Å². The molecule has 1 heterocycles. The second-order valence-electron chi connectivity index (χ2n) is 5.88. The van der Waals surface area contributed by atoms with Crippen molar-refractivity contribution in [2.45, 2.75) is 6.10 Å². The number of nitro benzene ring substituents is 1. The number of nitrogens with zero attached hydrogens (tertiary/aromatic N) is 4. The first kappa shape index (κ1) is 16.7. The van der Waals surface area contributed by atoms with Crippen LogP contribution < -0.4 is 4.90 Å². The van der Waals surface area contributed by atoms with Crippen molar-refractivity contribution in [3.8, 4) is 0 Å². The molecule has 0 saturated carbocycles. The number of para-hydroxylation sites is 2. The molecule has 1 aromatic rings. The molecule has 7 heteroatoms. The highest BCUT2D eigenvalue weighted by Gasteiger charge is 2.21. The normalized spacial score (nSPS) is 18.1. The molecule has 1 N–H and O–H groups in total. The molecule has 7 nitrogen and oxygen atoms in total. The van der Waals surface area contributed by atoms with Crippen molar-refractivity contribution in [1.82, 2.24) is 9.80 Å². The largest absolute Gasteiger partial charge is 0.390 e. The smallest absolute Gasteiger partial charge is 0.292 e. The van der Waals surface area contributed by atoms with Crippen molar-refractivity contribution in [2.75, 3.05) is 58.3 Å². The number of nitro groups is 1. The van der Waals surface area contributed by atoms with Crippen molar-refractivity contribution < 1.29 is 10.0 Å². The third-order valence-corrected chi connectivity index (χ3v) is 4.04. The van der Waals surface area contributed by atoms with E-state index >= 15 is 0 Å². The van der Waals surface area contributed by atoms with Crippen LogP contribution in [-0.4, -0.2) is 79.3 Å². The monoisotopic (exact) mass is 308 g/mol. The number of anilines is 1. The number of likely N-dealkylation sites (N-methyl/N-ethyl adjacent to an activating group) is 2. The zero-order chi connectivity index (χ0) is 16.1. The summed E-state index contributed by atoms with van der Waals surface area (Å²) < 4.78 is 0. The minimum Gasteiger partial charge on any atom is -0.390 e. The Labute approximate surface area is 130 Å². The van der Waals surface area contributed by atoms with E-state index in [2.05, 4.69) is 16.8 Å². The Bertz CT molecular complexity index is 503. The summed E-state index contributed by atoms with van der Waals surface area (Å²) in [6.45, 7) is 4.88. The van der Waals surface area contributed by atoms with Crippen molar-refractivity contribution in [1.29, 1.82) is 0 Å². The number of aliphatic hydroxyl groups excluding tert-OH is 1. The van der Waals surface area contributed by atoms with E-state index in [9.17, 15) is 15.2 Å². The lowest BCUT2D eigenvalue weighted by atomic mass is 10.2. The van der Waals surface area contributed by atoms with Gasteiger partial charge >= 0.3 is 0 Å². The molecule has 0 bridgehead atoms. The maximum Gasteiger partial charge on any atom is 0.292 e. The summed E-state index contributed by atoms with van der Waals surface area (Å²) in [7, 11) is 3.87. The number of β-amino-alcohol motifs (C(OH)–C–C–N with tert-alkyl or cyclic N) is 1. The number of rotatable bonds is 6. The van der Waals surface area contributed by atoms with Gasteiger partial charge in [0.2, 0.25) is 0 Å². The van der Waals surface area contributed by atoms with Crippen LogP contribution in [0.4, 0.5) is 11.4 Å². The van der Waals surface area contributed by atoms with Gasteiger partial charge in [0.15, 0.2) is 0 Å². The third kappa shape index (κ3) is 4.40. The van der Waals surface area contributed by atoms with Gasteiger partial charge in [0.25, 0.3) is 5.69 Å². The Morgan fingerprint density at radius 3 is 2.59 bits per heavy atom. The fraction of sp³-hybridized carbons (Fsp3) is 0.600. The Morgan fingerprint density at radius 2 is 1.95 bits per heavy atom. The lowest BCUT2D eigenvalue weighted by Crippen LogP contribution is -2.48. The van der Waals surface area contributed by atoms with Gasteiger partial charge in [0.05, 0.1) is 11.0 Å². The van der Waals surface area contributed by atoms with Crippen LogP contribution in [0.3, 0.4) is 0 Å². The van der Waals surface area contributed by atoms with E-state index in [4.69, 9.17) is 0 Å². The van der Waals surface area contributed by atoms with Gasteiger partial charge < -0.3 is 14.9 Å². The lowest BCUT2D eigenvalue weighted by molar-refractivity contribution is -0.384. The van der Waals surface area contributed by atoms with E-state index in [1.165, 1.54) is 6.07 Å². The Morgan fingerprint density at radius 1 is 1.32 bits per heavy atom. The van der Waals surface area contributed by atoms with Gasteiger partial charge in [-0.1, -0.05) is 12.1 Å². The molecule has 1 fully saturated rings. The minimum atomic E-state index is -0.534. The highest BCUT2D eigenvalue weighted by molar-refractivity contribution is 5.62. The summed E-state index contributed by atoms with van der Waals surface area (Å²) in [6.07, 6.45) is -0.534. The molecule has 1 aliphatic heterocycles. The second kappa shape index (κ2) is 7.53. The standard InChI is InChI=1S/C15H24N4O3/c1-16-7-9-18(10-8-16)12-13(20)11-17(2)14-5-3-4-6-15(14)19(21)22/h3-6,13,20H,7-12H2,1-2H3/t13-/m0/s1. The van der Waals surface area contributed by atoms with Crippen LogP contribution in [0.15, 0.2) is 24.3 Å². The average Bonchev–Trinajstić information content (AvgIpc) is 2.49. The number of hydrogen-bond donors (Lipinski definition) is 1. The molecule has 1 aliphatic rings.